The van der Waals surface area contributed by atoms with Crippen molar-refractivity contribution in [3.63, 3.8) is 0 Å². The van der Waals surface area contributed by atoms with Crippen LogP contribution in [0.2, 0.25) is 0 Å². The van der Waals surface area contributed by atoms with E-state index < -0.39 is 0 Å². The largest absolute Gasteiger partial charge is 0.467 e. The van der Waals surface area contributed by atoms with Crippen LogP contribution in [-0.4, -0.2) is 24.4 Å². The number of nitrogens with zero attached hydrogens (tertiary/aromatic N) is 1. The molecule has 0 saturated heterocycles. The zero-order chi connectivity index (χ0) is 15.7. The van der Waals surface area contributed by atoms with Gasteiger partial charge in [-0.25, -0.2) is 0 Å². The molecule has 1 aliphatic carbocycles. The number of carbonyl (C=O) groups is 1. The van der Waals surface area contributed by atoms with E-state index in [0.717, 1.165) is 23.9 Å². The fourth-order valence-corrected chi connectivity index (χ4v) is 3.10. The average molecular weight is 363 g/mol. The lowest BCUT2D eigenvalue weighted by Gasteiger charge is -2.24. The molecule has 1 aromatic carbocycles. The van der Waals surface area contributed by atoms with Crippen LogP contribution in [0.3, 0.4) is 0 Å². The number of hydrogen-bond acceptors (Lipinski definition) is 3. The van der Waals surface area contributed by atoms with Gasteiger partial charge in [-0.2, -0.15) is 0 Å². The fourth-order valence-electron chi connectivity index (χ4n) is 2.84. The van der Waals surface area contributed by atoms with Gasteiger partial charge >= 0.3 is 0 Å². The number of rotatable bonds is 5. The Morgan fingerprint density at radius 3 is 2.59 bits per heavy atom. The summed E-state index contributed by atoms with van der Waals surface area (Å²) in [5.74, 6) is 0.609. The molecule has 5 heteroatoms. The molecule has 1 heterocycles. The monoisotopic (exact) mass is 362 g/mol. The van der Waals surface area contributed by atoms with E-state index >= 15 is 0 Å². The number of amides is 1. The van der Waals surface area contributed by atoms with E-state index in [4.69, 9.17) is 10.2 Å². The van der Waals surface area contributed by atoms with E-state index in [-0.39, 0.29) is 11.3 Å². The summed E-state index contributed by atoms with van der Waals surface area (Å²) < 4.78 is 6.32. The van der Waals surface area contributed by atoms with Crippen LogP contribution >= 0.6 is 15.9 Å². The Morgan fingerprint density at radius 2 is 2.05 bits per heavy atom. The molecule has 22 heavy (non-hydrogen) atoms. The molecule has 0 radical (unpaired) electrons. The predicted molar refractivity (Wildman–Crippen MR) is 88.6 cm³/mol. The first-order valence-electron chi connectivity index (χ1n) is 7.33. The molecule has 0 aliphatic heterocycles. The molecular weight excluding hydrogens is 344 g/mol. The summed E-state index contributed by atoms with van der Waals surface area (Å²) in [6.07, 6.45) is 3.72. The predicted octanol–water partition coefficient (Wildman–Crippen LogP) is 3.30. The number of furan rings is 1. The summed E-state index contributed by atoms with van der Waals surface area (Å²) in [5.41, 5.74) is 7.48. The fraction of sp³-hybridized carbons (Fsp3) is 0.353. The molecule has 0 atom stereocenters. The van der Waals surface area contributed by atoms with Gasteiger partial charge in [-0.3, -0.25) is 4.79 Å². The second kappa shape index (κ2) is 5.89. The third kappa shape index (κ3) is 2.96. The van der Waals surface area contributed by atoms with Gasteiger partial charge in [0.25, 0.3) is 5.91 Å². The van der Waals surface area contributed by atoms with Gasteiger partial charge in [0.05, 0.1) is 12.1 Å². The number of hydrogen-bond donors (Lipinski definition) is 1. The maximum absolute atomic E-state index is 12.5. The third-order valence-corrected chi connectivity index (χ3v) is 4.83. The lowest BCUT2D eigenvalue weighted by atomic mass is 9.95. The Balaban J connectivity index is 1.72. The van der Waals surface area contributed by atoms with Gasteiger partial charge in [-0.15, -0.1) is 0 Å². The lowest BCUT2D eigenvalue weighted by molar-refractivity contribution is 0.0781. The van der Waals surface area contributed by atoms with Crippen molar-refractivity contribution in [1.29, 1.82) is 0 Å². The van der Waals surface area contributed by atoms with E-state index in [1.54, 1.807) is 11.0 Å². The zero-order valence-corrected chi connectivity index (χ0v) is 14.1. The number of halogens is 1. The highest BCUT2D eigenvalue weighted by molar-refractivity contribution is 9.10. The number of likely N-dealkylation sites (N-methyl/N-ethyl adjacent to an activating group) is 1. The molecule has 0 unspecified atom stereocenters. The van der Waals surface area contributed by atoms with Crippen molar-refractivity contribution in [3.8, 4) is 0 Å². The number of nitrogens with two attached hydrogens (primary N) is 1. The Labute approximate surface area is 138 Å². The highest BCUT2D eigenvalue weighted by Gasteiger charge is 2.45. The highest BCUT2D eigenvalue weighted by Crippen LogP contribution is 2.48. The molecule has 0 bridgehead atoms. The van der Waals surface area contributed by atoms with Crippen LogP contribution in [0.25, 0.3) is 0 Å². The molecule has 1 amide bonds. The first kappa shape index (κ1) is 15.3. The molecule has 1 aliphatic rings. The third-order valence-electron chi connectivity index (χ3n) is 4.30. The second-order valence-electron chi connectivity index (χ2n) is 5.95. The van der Waals surface area contributed by atoms with Crippen molar-refractivity contribution >= 4 is 21.8 Å². The highest BCUT2D eigenvalue weighted by atomic mass is 79.9. The molecule has 2 N–H and O–H groups in total. The van der Waals surface area contributed by atoms with Crippen LogP contribution in [0.1, 0.15) is 34.5 Å². The van der Waals surface area contributed by atoms with Crippen LogP contribution in [-0.2, 0) is 12.0 Å². The summed E-state index contributed by atoms with van der Waals surface area (Å²) in [6, 6.07) is 10.1. The average Bonchev–Trinajstić information content (AvgIpc) is 3.14. The second-order valence-corrected chi connectivity index (χ2v) is 6.87. The van der Waals surface area contributed by atoms with Crippen molar-refractivity contribution < 1.29 is 9.21 Å². The van der Waals surface area contributed by atoms with Crippen LogP contribution < -0.4 is 5.73 Å². The first-order chi connectivity index (χ1) is 10.5. The van der Waals surface area contributed by atoms with E-state index in [0.29, 0.717) is 17.9 Å². The quantitative estimate of drug-likeness (QED) is 0.887. The zero-order valence-electron chi connectivity index (χ0n) is 12.5. The smallest absolute Gasteiger partial charge is 0.256 e. The van der Waals surface area contributed by atoms with Gasteiger partial charge in [-0.1, -0.05) is 28.1 Å². The van der Waals surface area contributed by atoms with Crippen molar-refractivity contribution in [1.82, 2.24) is 4.90 Å². The Bertz CT molecular complexity index is 674. The van der Waals surface area contributed by atoms with Crippen molar-refractivity contribution in [2.75, 3.05) is 13.6 Å². The minimum Gasteiger partial charge on any atom is -0.467 e. The molecule has 4 nitrogen and oxygen atoms in total. The summed E-state index contributed by atoms with van der Waals surface area (Å²) in [6.45, 7) is 1.02. The minimum absolute atomic E-state index is 0.0214. The summed E-state index contributed by atoms with van der Waals surface area (Å²) in [7, 11) is 1.84. The molecule has 1 aromatic heterocycles. The number of benzene rings is 1. The molecule has 0 spiro atoms. The molecular formula is C17H19BrN2O2. The summed E-state index contributed by atoms with van der Waals surface area (Å²) in [4.78, 5) is 14.3. The lowest BCUT2D eigenvalue weighted by Crippen LogP contribution is -2.34. The molecule has 3 rings (SSSR count). The topological polar surface area (TPSA) is 59.5 Å². The molecule has 1 saturated carbocycles. The summed E-state index contributed by atoms with van der Waals surface area (Å²) in [5, 5.41) is 0. The molecule has 116 valence electrons. The van der Waals surface area contributed by atoms with Gasteiger partial charge in [0.15, 0.2) is 0 Å². The van der Waals surface area contributed by atoms with Gasteiger partial charge in [0.2, 0.25) is 0 Å². The van der Waals surface area contributed by atoms with Crippen molar-refractivity contribution in [2.24, 2.45) is 5.73 Å². The SMILES string of the molecule is CN(CC1(c2ccc(Br)cc2)CC1)C(=O)c1coc(CN)c1. The first-order valence-corrected chi connectivity index (χ1v) is 8.12. The van der Waals surface area contributed by atoms with Crippen LogP contribution in [0, 0.1) is 0 Å². The Kier molecular flexibility index (Phi) is 4.10. The Morgan fingerprint density at radius 1 is 1.36 bits per heavy atom. The standard InChI is InChI=1S/C17H19BrN2O2/c1-20(16(21)12-8-15(9-19)22-10-12)11-17(6-7-17)13-2-4-14(18)5-3-13/h2-5,8,10H,6-7,9,11,19H2,1H3. The minimum atomic E-state index is -0.0214. The van der Waals surface area contributed by atoms with Crippen LogP contribution in [0.15, 0.2) is 45.5 Å². The van der Waals surface area contributed by atoms with E-state index in [1.807, 2.05) is 7.05 Å². The van der Waals surface area contributed by atoms with E-state index in [2.05, 4.69) is 40.2 Å². The van der Waals surface area contributed by atoms with Crippen molar-refractivity contribution in [2.45, 2.75) is 24.8 Å². The van der Waals surface area contributed by atoms with E-state index in [1.165, 1.54) is 11.8 Å². The van der Waals surface area contributed by atoms with Gasteiger partial charge in [-0.05, 0) is 36.6 Å². The maximum atomic E-state index is 12.5. The van der Waals surface area contributed by atoms with E-state index in [9.17, 15) is 4.79 Å². The van der Waals surface area contributed by atoms with Crippen LogP contribution in [0.5, 0.6) is 0 Å². The van der Waals surface area contributed by atoms with Gasteiger partial charge < -0.3 is 15.1 Å². The molecule has 2 aromatic rings. The van der Waals surface area contributed by atoms with Gasteiger partial charge in [0, 0.05) is 23.5 Å². The van der Waals surface area contributed by atoms with Gasteiger partial charge in [0.1, 0.15) is 12.0 Å². The Hall–Kier alpha value is -1.59. The normalized spacial score (nSPS) is 15.6. The number of carbonyl (C=O) groups excluding carboxylic acids is 1. The maximum Gasteiger partial charge on any atom is 0.256 e. The van der Waals surface area contributed by atoms with Crippen LogP contribution in [0.4, 0.5) is 0 Å². The molecule has 1 fully saturated rings. The summed E-state index contributed by atoms with van der Waals surface area (Å²) >= 11 is 3.46. The van der Waals surface area contributed by atoms with Crippen molar-refractivity contribution in [3.05, 3.63) is 58.0 Å².